The molecule has 0 aliphatic carbocycles. The monoisotopic (exact) mass is 165 g/mol. The van der Waals surface area contributed by atoms with Gasteiger partial charge in [0.25, 0.3) is 0 Å². The predicted octanol–water partition coefficient (Wildman–Crippen LogP) is 0.190. The van der Waals surface area contributed by atoms with E-state index in [1.165, 1.54) is 0 Å². The Morgan fingerprint density at radius 3 is 2.10 bits per heavy atom. The Morgan fingerprint density at radius 2 is 2.00 bits per heavy atom. The van der Waals surface area contributed by atoms with Gasteiger partial charge in [-0.05, 0) is 20.3 Å². The Balaban J connectivity index is 2.99. The largest absolute Gasteiger partial charge is 0.299 e. The summed E-state index contributed by atoms with van der Waals surface area (Å²) in [5, 5.41) is 9.03. The average molecular weight is 165 g/mol. The third-order valence-corrected chi connectivity index (χ3v) is 3.49. The summed E-state index contributed by atoms with van der Waals surface area (Å²) in [5.74, 6) is 0.0521. The third-order valence-electron chi connectivity index (χ3n) is 1.75. The van der Waals surface area contributed by atoms with Gasteiger partial charge >= 0.3 is 0 Å². The molecule has 5 heteroatoms. The predicted molar refractivity (Wildman–Crippen MR) is 36.1 cm³/mol. The van der Waals surface area contributed by atoms with Crippen LogP contribution in [0.4, 0.5) is 0 Å². The Kier molecular flexibility index (Phi) is 1.54. The summed E-state index contributed by atoms with van der Waals surface area (Å²) in [4.78, 5) is 0. The Labute approximate surface area is 60.5 Å². The molecule has 1 heterocycles. The number of sulfonamides is 1. The molecule has 1 aliphatic rings. The van der Waals surface area contributed by atoms with Crippen molar-refractivity contribution >= 4 is 10.0 Å². The maximum atomic E-state index is 10.9. The molecule has 1 aliphatic heterocycles. The highest BCUT2D eigenvalue weighted by atomic mass is 32.2. The minimum atomic E-state index is -3.34. The lowest BCUT2D eigenvalue weighted by molar-refractivity contribution is -0.0638. The minimum absolute atomic E-state index is 0.0521. The first kappa shape index (κ1) is 7.97. The van der Waals surface area contributed by atoms with Gasteiger partial charge in [0.2, 0.25) is 10.0 Å². The molecular formula is C5H11NO3S. The van der Waals surface area contributed by atoms with E-state index in [0.29, 0.717) is 10.9 Å². The molecule has 0 unspecified atom stereocenters. The van der Waals surface area contributed by atoms with Crippen molar-refractivity contribution in [2.45, 2.75) is 25.8 Å². The highest BCUT2D eigenvalue weighted by Gasteiger charge is 2.42. The fourth-order valence-electron chi connectivity index (χ4n) is 0.937. The Bertz CT molecular complexity index is 231. The summed E-state index contributed by atoms with van der Waals surface area (Å²) < 4.78 is 22.2. The van der Waals surface area contributed by atoms with E-state index in [2.05, 4.69) is 0 Å². The summed E-state index contributed by atoms with van der Waals surface area (Å²) in [5.41, 5.74) is -0.612. The summed E-state index contributed by atoms with van der Waals surface area (Å²) in [6.45, 7) is 3.38. The van der Waals surface area contributed by atoms with Gasteiger partial charge in [0.05, 0.1) is 11.3 Å². The van der Waals surface area contributed by atoms with Crippen LogP contribution in [0, 0.1) is 0 Å². The van der Waals surface area contributed by atoms with Gasteiger partial charge in [0, 0.05) is 0 Å². The zero-order valence-corrected chi connectivity index (χ0v) is 6.85. The lowest BCUT2D eigenvalue weighted by Gasteiger charge is -2.22. The number of hydrogen-bond acceptors (Lipinski definition) is 3. The highest BCUT2D eigenvalue weighted by molar-refractivity contribution is 7.89. The van der Waals surface area contributed by atoms with E-state index in [1.807, 2.05) is 0 Å². The van der Waals surface area contributed by atoms with E-state index in [0.717, 1.165) is 0 Å². The molecule has 0 radical (unpaired) electrons. The maximum Gasteiger partial charge on any atom is 0.236 e. The summed E-state index contributed by atoms with van der Waals surface area (Å²) in [6, 6.07) is 0. The van der Waals surface area contributed by atoms with Crippen molar-refractivity contribution in [1.29, 1.82) is 0 Å². The second-order valence-corrected chi connectivity index (χ2v) is 5.04. The number of nitrogens with zero attached hydrogens (tertiary/aromatic N) is 1. The topological polar surface area (TPSA) is 57.6 Å². The molecule has 0 atom stereocenters. The maximum absolute atomic E-state index is 10.9. The molecule has 0 aromatic carbocycles. The molecule has 1 N–H and O–H groups in total. The van der Waals surface area contributed by atoms with Gasteiger partial charge < -0.3 is 0 Å². The lowest BCUT2D eigenvalue weighted by atomic mass is 10.0. The first-order valence-corrected chi connectivity index (χ1v) is 4.69. The fourth-order valence-corrected chi connectivity index (χ4v) is 2.71. The highest BCUT2D eigenvalue weighted by Crippen LogP contribution is 2.28. The first-order valence-electron chi connectivity index (χ1n) is 3.08. The van der Waals surface area contributed by atoms with Gasteiger partial charge in [-0.3, -0.25) is 5.21 Å². The average Bonchev–Trinajstić information content (AvgIpc) is 1.95. The van der Waals surface area contributed by atoms with E-state index in [-0.39, 0.29) is 5.75 Å². The molecule has 0 aromatic rings. The smallest absolute Gasteiger partial charge is 0.236 e. The Morgan fingerprint density at radius 1 is 1.50 bits per heavy atom. The molecule has 0 bridgehead atoms. The van der Waals surface area contributed by atoms with E-state index >= 15 is 0 Å². The van der Waals surface area contributed by atoms with E-state index in [9.17, 15) is 8.42 Å². The van der Waals surface area contributed by atoms with E-state index in [4.69, 9.17) is 5.21 Å². The van der Waals surface area contributed by atoms with Crippen molar-refractivity contribution in [3.05, 3.63) is 0 Å². The van der Waals surface area contributed by atoms with Crippen LogP contribution in [0.5, 0.6) is 0 Å². The van der Waals surface area contributed by atoms with Gasteiger partial charge in [0.15, 0.2) is 0 Å². The third kappa shape index (κ3) is 1.04. The van der Waals surface area contributed by atoms with Crippen LogP contribution in [-0.2, 0) is 10.0 Å². The molecule has 60 valence electrons. The summed E-state index contributed by atoms with van der Waals surface area (Å²) in [6.07, 6.45) is 0.492. The zero-order chi connectivity index (χ0) is 7.99. The first-order chi connectivity index (χ1) is 4.36. The number of hydroxylamine groups is 1. The van der Waals surface area contributed by atoms with Crippen LogP contribution in [0.1, 0.15) is 20.3 Å². The van der Waals surface area contributed by atoms with Crippen LogP contribution >= 0.6 is 0 Å². The second kappa shape index (κ2) is 1.93. The molecule has 0 aromatic heterocycles. The van der Waals surface area contributed by atoms with Crippen molar-refractivity contribution in [2.24, 2.45) is 0 Å². The molecule has 0 saturated carbocycles. The van der Waals surface area contributed by atoms with Crippen molar-refractivity contribution in [3.63, 3.8) is 0 Å². The van der Waals surface area contributed by atoms with Crippen LogP contribution in [0.2, 0.25) is 0 Å². The molecule has 1 fully saturated rings. The molecule has 1 saturated heterocycles. The summed E-state index contributed by atoms with van der Waals surface area (Å²) in [7, 11) is -3.34. The molecule has 1 rings (SSSR count). The van der Waals surface area contributed by atoms with Crippen LogP contribution in [0.3, 0.4) is 0 Å². The SMILES string of the molecule is CC1(C)CCS(=O)(=O)N1O. The van der Waals surface area contributed by atoms with Crippen LogP contribution in [-0.4, -0.2) is 29.4 Å². The molecular weight excluding hydrogens is 154 g/mol. The van der Waals surface area contributed by atoms with E-state index < -0.39 is 15.6 Å². The van der Waals surface area contributed by atoms with Crippen LogP contribution in [0.25, 0.3) is 0 Å². The normalized spacial score (nSPS) is 30.7. The van der Waals surface area contributed by atoms with Gasteiger partial charge in [-0.25, -0.2) is 8.42 Å². The van der Waals surface area contributed by atoms with Gasteiger partial charge in [-0.15, -0.1) is 0 Å². The van der Waals surface area contributed by atoms with Crippen molar-refractivity contribution in [1.82, 2.24) is 4.47 Å². The Hall–Kier alpha value is -0.130. The quantitative estimate of drug-likeness (QED) is 0.557. The second-order valence-electron chi connectivity index (χ2n) is 3.12. The van der Waals surface area contributed by atoms with Gasteiger partial charge in [0.1, 0.15) is 0 Å². The standard InChI is InChI=1S/C5H11NO3S/c1-5(2)3-4-10(8,9)6(5)7/h7H,3-4H2,1-2H3. The van der Waals surface area contributed by atoms with Crippen LogP contribution < -0.4 is 0 Å². The molecule has 10 heavy (non-hydrogen) atoms. The fraction of sp³-hybridized carbons (Fsp3) is 1.00. The van der Waals surface area contributed by atoms with Crippen LogP contribution in [0.15, 0.2) is 0 Å². The zero-order valence-electron chi connectivity index (χ0n) is 6.03. The van der Waals surface area contributed by atoms with Crippen molar-refractivity contribution in [2.75, 3.05) is 5.75 Å². The molecule has 0 spiro atoms. The summed E-state index contributed by atoms with van der Waals surface area (Å²) >= 11 is 0. The number of hydrogen-bond donors (Lipinski definition) is 1. The lowest BCUT2D eigenvalue weighted by Crippen LogP contribution is -2.37. The molecule has 4 nitrogen and oxygen atoms in total. The van der Waals surface area contributed by atoms with Gasteiger partial charge in [-0.1, -0.05) is 4.47 Å². The minimum Gasteiger partial charge on any atom is -0.299 e. The van der Waals surface area contributed by atoms with Gasteiger partial charge in [-0.2, -0.15) is 0 Å². The van der Waals surface area contributed by atoms with Crippen molar-refractivity contribution < 1.29 is 13.6 Å². The molecule has 0 amide bonds. The van der Waals surface area contributed by atoms with E-state index in [1.54, 1.807) is 13.8 Å². The van der Waals surface area contributed by atoms with Crippen molar-refractivity contribution in [3.8, 4) is 0 Å². The number of rotatable bonds is 0.